The summed E-state index contributed by atoms with van der Waals surface area (Å²) in [6.07, 6.45) is 0. The van der Waals surface area contributed by atoms with E-state index in [0.717, 1.165) is 16.5 Å². The third kappa shape index (κ3) is 2.04. The molecule has 1 rings (SSSR count). The van der Waals surface area contributed by atoms with Gasteiger partial charge in [-0.05, 0) is 23.6 Å². The van der Waals surface area contributed by atoms with Gasteiger partial charge in [-0.15, -0.1) is 0 Å². The molecule has 11 heavy (non-hydrogen) atoms. The number of aliphatic hydroxyl groups is 1. The van der Waals surface area contributed by atoms with Crippen LogP contribution in [0.15, 0.2) is 18.2 Å². The normalized spacial score (nSPS) is 10.1. The average Bonchev–Trinajstić information content (AvgIpc) is 2.05. The van der Waals surface area contributed by atoms with E-state index < -0.39 is 0 Å². The van der Waals surface area contributed by atoms with Crippen molar-refractivity contribution >= 4 is 15.9 Å². The van der Waals surface area contributed by atoms with Crippen LogP contribution >= 0.6 is 15.9 Å². The van der Waals surface area contributed by atoms with Crippen molar-refractivity contribution in [3.05, 3.63) is 34.9 Å². The second-order valence-electron chi connectivity index (χ2n) is 2.55. The van der Waals surface area contributed by atoms with E-state index >= 15 is 0 Å². The maximum atomic E-state index is 8.92. The molecule has 0 fully saturated rings. The molecule has 0 saturated carbocycles. The van der Waals surface area contributed by atoms with Crippen molar-refractivity contribution in [1.29, 1.82) is 0 Å². The van der Waals surface area contributed by atoms with Gasteiger partial charge in [-0.2, -0.15) is 0 Å². The third-order valence-corrected chi connectivity index (χ3v) is 2.39. The van der Waals surface area contributed by atoms with Gasteiger partial charge < -0.3 is 5.11 Å². The van der Waals surface area contributed by atoms with Crippen LogP contribution in [0.4, 0.5) is 0 Å². The fourth-order valence-electron chi connectivity index (χ4n) is 0.978. The molecular formula is C9H11BrO. The zero-order valence-corrected chi connectivity index (χ0v) is 8.06. The van der Waals surface area contributed by atoms with E-state index in [-0.39, 0.29) is 6.61 Å². The fourth-order valence-corrected chi connectivity index (χ4v) is 1.33. The molecule has 0 saturated heterocycles. The minimum atomic E-state index is 0.132. The lowest BCUT2D eigenvalue weighted by atomic mass is 10.1. The van der Waals surface area contributed by atoms with E-state index in [1.54, 1.807) is 0 Å². The summed E-state index contributed by atoms with van der Waals surface area (Å²) in [5, 5.41) is 9.77. The van der Waals surface area contributed by atoms with Crippen LogP contribution in [0.25, 0.3) is 0 Å². The van der Waals surface area contributed by atoms with Gasteiger partial charge in [0.1, 0.15) is 0 Å². The number of alkyl halides is 1. The zero-order valence-electron chi connectivity index (χ0n) is 6.47. The van der Waals surface area contributed by atoms with Crippen LogP contribution in [0.5, 0.6) is 0 Å². The Kier molecular flexibility index (Phi) is 3.09. The molecule has 0 radical (unpaired) electrons. The molecular weight excluding hydrogens is 204 g/mol. The number of benzene rings is 1. The van der Waals surface area contributed by atoms with Gasteiger partial charge in [-0.1, -0.05) is 34.1 Å². The van der Waals surface area contributed by atoms with Crippen molar-refractivity contribution in [2.45, 2.75) is 18.9 Å². The van der Waals surface area contributed by atoms with Gasteiger partial charge in [0.25, 0.3) is 0 Å². The molecule has 0 aromatic heterocycles. The molecule has 0 atom stereocenters. The molecule has 1 nitrogen and oxygen atoms in total. The Morgan fingerprint density at radius 2 is 2.18 bits per heavy atom. The van der Waals surface area contributed by atoms with Crippen molar-refractivity contribution in [2.24, 2.45) is 0 Å². The minimum absolute atomic E-state index is 0.132. The van der Waals surface area contributed by atoms with Crippen molar-refractivity contribution in [3.8, 4) is 0 Å². The van der Waals surface area contributed by atoms with Crippen LogP contribution in [0.3, 0.4) is 0 Å². The lowest BCUT2D eigenvalue weighted by molar-refractivity contribution is 0.281. The van der Waals surface area contributed by atoms with Gasteiger partial charge in [0.2, 0.25) is 0 Å². The topological polar surface area (TPSA) is 20.2 Å². The van der Waals surface area contributed by atoms with Crippen LogP contribution in [-0.2, 0) is 11.9 Å². The zero-order chi connectivity index (χ0) is 8.27. The Labute approximate surface area is 75.2 Å². The molecule has 1 N–H and O–H groups in total. The summed E-state index contributed by atoms with van der Waals surface area (Å²) < 4.78 is 0. The molecule has 0 spiro atoms. The fraction of sp³-hybridized carbons (Fsp3) is 0.333. The second-order valence-corrected chi connectivity index (χ2v) is 3.11. The van der Waals surface area contributed by atoms with E-state index in [9.17, 15) is 0 Å². The molecule has 2 heteroatoms. The Hall–Kier alpha value is -0.340. The first-order valence-electron chi connectivity index (χ1n) is 3.53. The molecule has 0 aliphatic heterocycles. The first-order valence-corrected chi connectivity index (χ1v) is 4.65. The van der Waals surface area contributed by atoms with E-state index in [1.165, 1.54) is 5.56 Å². The van der Waals surface area contributed by atoms with Gasteiger partial charge in [-0.3, -0.25) is 0 Å². The maximum absolute atomic E-state index is 8.92. The molecule has 1 aromatic rings. The second kappa shape index (κ2) is 3.88. The van der Waals surface area contributed by atoms with Gasteiger partial charge in [-0.25, -0.2) is 0 Å². The highest BCUT2D eigenvalue weighted by molar-refractivity contribution is 9.08. The lowest BCUT2D eigenvalue weighted by Crippen LogP contribution is -1.89. The van der Waals surface area contributed by atoms with Crippen LogP contribution in [0.1, 0.15) is 16.7 Å². The highest BCUT2D eigenvalue weighted by Crippen LogP contribution is 2.13. The van der Waals surface area contributed by atoms with Crippen molar-refractivity contribution < 1.29 is 5.11 Å². The highest BCUT2D eigenvalue weighted by Gasteiger charge is 1.97. The van der Waals surface area contributed by atoms with Crippen molar-refractivity contribution in [3.63, 3.8) is 0 Å². The Morgan fingerprint density at radius 3 is 2.73 bits per heavy atom. The quantitative estimate of drug-likeness (QED) is 0.751. The van der Waals surface area contributed by atoms with Crippen molar-refractivity contribution in [2.75, 3.05) is 0 Å². The Bertz CT molecular complexity index is 245. The standard InChI is InChI=1S/C9H11BrO/c1-7-2-3-8(5-10)4-9(7)6-11/h2-4,11H,5-6H2,1H3. The molecule has 0 heterocycles. The molecule has 0 amide bonds. The van der Waals surface area contributed by atoms with E-state index in [2.05, 4.69) is 22.0 Å². The number of halogens is 1. The monoisotopic (exact) mass is 214 g/mol. The van der Waals surface area contributed by atoms with Crippen LogP contribution in [0.2, 0.25) is 0 Å². The lowest BCUT2D eigenvalue weighted by Gasteiger charge is -2.03. The summed E-state index contributed by atoms with van der Waals surface area (Å²) in [4.78, 5) is 0. The number of aliphatic hydroxyl groups excluding tert-OH is 1. The summed E-state index contributed by atoms with van der Waals surface area (Å²) in [7, 11) is 0. The number of hydrogen-bond donors (Lipinski definition) is 1. The van der Waals surface area contributed by atoms with E-state index in [4.69, 9.17) is 5.11 Å². The first kappa shape index (κ1) is 8.75. The van der Waals surface area contributed by atoms with Crippen LogP contribution in [-0.4, -0.2) is 5.11 Å². The molecule has 1 aromatic carbocycles. The minimum Gasteiger partial charge on any atom is -0.392 e. The van der Waals surface area contributed by atoms with Gasteiger partial charge in [0.15, 0.2) is 0 Å². The predicted molar refractivity (Wildman–Crippen MR) is 49.7 cm³/mol. The molecule has 0 unspecified atom stereocenters. The summed E-state index contributed by atoms with van der Waals surface area (Å²) in [6, 6.07) is 6.11. The molecule has 0 aliphatic rings. The summed E-state index contributed by atoms with van der Waals surface area (Å²) in [6.45, 7) is 2.14. The molecule has 60 valence electrons. The molecule has 0 aliphatic carbocycles. The third-order valence-electron chi connectivity index (χ3n) is 1.74. The van der Waals surface area contributed by atoms with Crippen LogP contribution in [0, 0.1) is 6.92 Å². The maximum Gasteiger partial charge on any atom is 0.0684 e. The SMILES string of the molecule is Cc1ccc(CBr)cc1CO. The van der Waals surface area contributed by atoms with Gasteiger partial charge >= 0.3 is 0 Å². The summed E-state index contributed by atoms with van der Waals surface area (Å²) in [5.74, 6) is 0. The van der Waals surface area contributed by atoms with Crippen LogP contribution < -0.4 is 0 Å². The van der Waals surface area contributed by atoms with Crippen molar-refractivity contribution in [1.82, 2.24) is 0 Å². The predicted octanol–water partition coefficient (Wildman–Crippen LogP) is 2.38. The highest BCUT2D eigenvalue weighted by atomic mass is 79.9. The van der Waals surface area contributed by atoms with Gasteiger partial charge in [0, 0.05) is 5.33 Å². The van der Waals surface area contributed by atoms with Gasteiger partial charge in [0.05, 0.1) is 6.61 Å². The average molecular weight is 215 g/mol. The number of rotatable bonds is 2. The smallest absolute Gasteiger partial charge is 0.0684 e. The molecule has 0 bridgehead atoms. The Morgan fingerprint density at radius 1 is 1.45 bits per heavy atom. The number of aryl methyl sites for hydroxylation is 1. The number of hydrogen-bond acceptors (Lipinski definition) is 1. The largest absolute Gasteiger partial charge is 0.392 e. The first-order chi connectivity index (χ1) is 5.27. The Balaban J connectivity index is 3.02. The summed E-state index contributed by atoms with van der Waals surface area (Å²) in [5.41, 5.74) is 3.37. The van der Waals surface area contributed by atoms with E-state index in [1.807, 2.05) is 19.1 Å². The van der Waals surface area contributed by atoms with E-state index in [0.29, 0.717) is 0 Å². The summed E-state index contributed by atoms with van der Waals surface area (Å²) >= 11 is 3.36.